The zero-order chi connectivity index (χ0) is 50.7. The SMILES string of the molecule is Cc1ccc(C(OC[C@H]2O[C@@H](n3cc(CCCN(CCNC(=O)C(F)(F)F)C(=O)C(F)(F)F)c(=O)[nH]c3=O)C[C@@H]2OP(OCCC#N)N(C(C)C)C(C)C)(c2ccccc2)c2ccc(C)cc2)cc1. The predicted molar refractivity (Wildman–Crippen MR) is 245 cm³/mol. The van der Waals surface area contributed by atoms with E-state index in [9.17, 15) is 50.8 Å². The van der Waals surface area contributed by atoms with Gasteiger partial charge in [-0.25, -0.2) is 9.46 Å². The lowest BCUT2D eigenvalue weighted by Crippen LogP contribution is -2.47. The molecule has 1 unspecified atom stereocenters. The maximum absolute atomic E-state index is 13.6. The molecule has 2 amide bonds. The summed E-state index contributed by atoms with van der Waals surface area (Å²) in [5.41, 5.74) is 1.45. The Balaban J connectivity index is 1.51. The van der Waals surface area contributed by atoms with Gasteiger partial charge in [0.05, 0.1) is 31.8 Å². The molecule has 0 aliphatic carbocycles. The number of aromatic amines is 1. The van der Waals surface area contributed by atoms with E-state index in [1.165, 1.54) is 11.5 Å². The topological polar surface area (TPSA) is 168 Å². The van der Waals surface area contributed by atoms with E-state index >= 15 is 0 Å². The molecule has 0 radical (unpaired) electrons. The molecule has 374 valence electrons. The average molecular weight is 991 g/mol. The van der Waals surface area contributed by atoms with Gasteiger partial charge in [0.25, 0.3) is 14.1 Å². The van der Waals surface area contributed by atoms with Crippen LogP contribution < -0.4 is 16.6 Å². The monoisotopic (exact) mass is 990 g/mol. The van der Waals surface area contributed by atoms with Crippen LogP contribution in [0.3, 0.4) is 0 Å². The zero-order valence-corrected chi connectivity index (χ0v) is 40.0. The first-order valence-electron chi connectivity index (χ1n) is 22.4. The molecule has 1 fully saturated rings. The van der Waals surface area contributed by atoms with Gasteiger partial charge in [0.1, 0.15) is 17.9 Å². The van der Waals surface area contributed by atoms with Gasteiger partial charge in [-0.3, -0.25) is 23.9 Å². The molecule has 1 saturated heterocycles. The summed E-state index contributed by atoms with van der Waals surface area (Å²) < 4.78 is 109. The molecule has 0 spiro atoms. The molecule has 4 atom stereocenters. The van der Waals surface area contributed by atoms with Gasteiger partial charge in [-0.2, -0.15) is 31.6 Å². The number of benzene rings is 3. The predicted octanol–water partition coefficient (Wildman–Crippen LogP) is 8.11. The van der Waals surface area contributed by atoms with Gasteiger partial charge in [-0.15, -0.1) is 0 Å². The van der Waals surface area contributed by atoms with Crippen molar-refractivity contribution in [1.82, 2.24) is 24.4 Å². The number of aromatic nitrogens is 2. The summed E-state index contributed by atoms with van der Waals surface area (Å²) in [7, 11) is -1.87. The van der Waals surface area contributed by atoms with Gasteiger partial charge in [-0.1, -0.05) is 90.0 Å². The van der Waals surface area contributed by atoms with Crippen molar-refractivity contribution in [3.05, 3.63) is 139 Å². The molecule has 2 heterocycles. The molecule has 5 rings (SSSR count). The van der Waals surface area contributed by atoms with E-state index < -0.39 is 87.6 Å². The highest BCUT2D eigenvalue weighted by Crippen LogP contribution is 2.50. The molecule has 14 nitrogen and oxygen atoms in total. The van der Waals surface area contributed by atoms with Crippen molar-refractivity contribution in [2.75, 3.05) is 32.8 Å². The lowest BCUT2D eigenvalue weighted by molar-refractivity contribution is -0.185. The first-order chi connectivity index (χ1) is 32.6. The third-order valence-corrected chi connectivity index (χ3v) is 13.5. The van der Waals surface area contributed by atoms with E-state index in [1.807, 2.05) is 125 Å². The molecule has 0 bridgehead atoms. The number of alkyl halides is 6. The summed E-state index contributed by atoms with van der Waals surface area (Å²) >= 11 is 0. The Morgan fingerprint density at radius 1 is 0.884 bits per heavy atom. The number of carbonyl (C=O) groups is 2. The number of hydrogen-bond acceptors (Lipinski definition) is 10. The number of amides is 2. The Morgan fingerprint density at radius 3 is 2.00 bits per heavy atom. The number of rotatable bonds is 22. The Bertz CT molecular complexity index is 2430. The molecule has 1 aliphatic rings. The average Bonchev–Trinajstić information content (AvgIpc) is 3.68. The summed E-state index contributed by atoms with van der Waals surface area (Å²) in [6.45, 7) is 9.28. The number of aryl methyl sites for hydroxylation is 3. The fourth-order valence-electron chi connectivity index (χ4n) is 8.03. The fraction of sp³-hybridized carbons (Fsp3) is 0.479. The van der Waals surface area contributed by atoms with Crippen molar-refractivity contribution in [3.8, 4) is 6.07 Å². The van der Waals surface area contributed by atoms with E-state index in [4.69, 9.17) is 18.5 Å². The Kier molecular flexibility index (Phi) is 18.9. The second kappa shape index (κ2) is 23.9. The zero-order valence-electron chi connectivity index (χ0n) is 39.1. The number of carbonyl (C=O) groups excluding carboxylic acids is 2. The minimum Gasteiger partial charge on any atom is -0.358 e. The van der Waals surface area contributed by atoms with Gasteiger partial charge in [0.2, 0.25) is 0 Å². The summed E-state index contributed by atoms with van der Waals surface area (Å²) in [6, 6.07) is 27.5. The van der Waals surface area contributed by atoms with Crippen molar-refractivity contribution in [2.24, 2.45) is 0 Å². The summed E-state index contributed by atoms with van der Waals surface area (Å²) in [5.74, 6) is -4.74. The number of H-pyrrole nitrogens is 1. The van der Waals surface area contributed by atoms with Crippen molar-refractivity contribution in [2.45, 2.75) is 116 Å². The number of nitrogens with one attached hydrogen (secondary N) is 2. The van der Waals surface area contributed by atoms with Crippen LogP contribution in [-0.2, 0) is 40.1 Å². The fourth-order valence-corrected chi connectivity index (χ4v) is 9.79. The van der Waals surface area contributed by atoms with Gasteiger partial charge in [-0.05, 0) is 71.1 Å². The molecule has 1 aromatic heterocycles. The van der Waals surface area contributed by atoms with E-state index in [0.717, 1.165) is 32.4 Å². The van der Waals surface area contributed by atoms with Crippen molar-refractivity contribution in [3.63, 3.8) is 0 Å². The molecule has 3 aromatic carbocycles. The van der Waals surface area contributed by atoms with E-state index in [-0.39, 0.29) is 61.4 Å². The smallest absolute Gasteiger partial charge is 0.358 e. The highest BCUT2D eigenvalue weighted by Gasteiger charge is 2.46. The van der Waals surface area contributed by atoms with Crippen molar-refractivity contribution in [1.29, 1.82) is 5.26 Å². The summed E-state index contributed by atoms with van der Waals surface area (Å²) in [6.07, 6.45) is -12.8. The van der Waals surface area contributed by atoms with Crippen LogP contribution in [0.25, 0.3) is 0 Å². The second-order valence-electron chi connectivity index (χ2n) is 17.1. The minimum absolute atomic E-state index is 0.00873. The first kappa shape index (κ1) is 54.5. The number of nitrogens with zero attached hydrogens (tertiary/aromatic N) is 4. The van der Waals surface area contributed by atoms with Gasteiger partial charge in [0, 0.05) is 49.9 Å². The van der Waals surface area contributed by atoms with Crippen LogP contribution in [0.5, 0.6) is 0 Å². The molecular weight excluding hydrogens is 934 g/mol. The van der Waals surface area contributed by atoms with E-state index in [1.54, 1.807) is 0 Å². The van der Waals surface area contributed by atoms with Crippen LogP contribution in [0, 0.1) is 25.2 Å². The number of hydrogen-bond donors (Lipinski definition) is 2. The van der Waals surface area contributed by atoms with Gasteiger partial charge in [0.15, 0.2) is 0 Å². The van der Waals surface area contributed by atoms with Crippen LogP contribution >= 0.6 is 8.53 Å². The van der Waals surface area contributed by atoms with Gasteiger partial charge >= 0.3 is 29.9 Å². The van der Waals surface area contributed by atoms with Gasteiger partial charge < -0.3 is 28.7 Å². The van der Waals surface area contributed by atoms with E-state index in [0.29, 0.717) is 0 Å². The molecule has 1 aliphatic heterocycles. The first-order valence-corrected chi connectivity index (χ1v) is 23.5. The van der Waals surface area contributed by atoms with Crippen LogP contribution in [0.2, 0.25) is 0 Å². The molecule has 4 aromatic rings. The summed E-state index contributed by atoms with van der Waals surface area (Å²) in [4.78, 5) is 52.7. The van der Waals surface area contributed by atoms with Crippen LogP contribution in [0.4, 0.5) is 26.3 Å². The van der Waals surface area contributed by atoms with Crippen LogP contribution in [-0.4, -0.2) is 100 Å². The molecular formula is C48H57F6N6O8P. The van der Waals surface area contributed by atoms with Crippen molar-refractivity contribution < 1.29 is 54.5 Å². The standard InChI is InChI=1S/C48H57F6N6O8P/c1-31(2)60(32(3)4)69(66-27-11-23-55)68-39-28-41(59-29-35(42(61)57-45(59)64)12-10-25-58(44(63)48(52,53)54)26-24-56-43(62)47(49,50)51)67-40(39)30-65-46(36-13-8-7-9-14-36,37-19-15-33(5)16-20-37)38-21-17-34(6)18-22-38/h7-9,13-22,29,31-32,39-41H,10-12,24-28,30H2,1-6H3,(H,56,62)(H,57,61,64)/t39-,40+,41+,69?/m0/s1. The maximum atomic E-state index is 13.6. The van der Waals surface area contributed by atoms with Crippen molar-refractivity contribution >= 4 is 20.3 Å². The van der Waals surface area contributed by atoms with Crippen LogP contribution in [0.15, 0.2) is 94.6 Å². The summed E-state index contributed by atoms with van der Waals surface area (Å²) in [5, 5.41) is 10.8. The normalized spacial score (nSPS) is 17.0. The largest absolute Gasteiger partial charge is 0.471 e. The highest BCUT2D eigenvalue weighted by molar-refractivity contribution is 7.44. The maximum Gasteiger partial charge on any atom is 0.471 e. The molecule has 21 heteroatoms. The quantitative estimate of drug-likeness (QED) is 0.0340. The third kappa shape index (κ3) is 14.1. The second-order valence-corrected chi connectivity index (χ2v) is 18.5. The Hall–Kier alpha value is -5.42. The molecule has 0 saturated carbocycles. The number of nitriles is 1. The van der Waals surface area contributed by atoms with E-state index in [2.05, 4.69) is 11.1 Å². The molecule has 69 heavy (non-hydrogen) atoms. The Labute approximate surface area is 397 Å². The third-order valence-electron chi connectivity index (χ3n) is 11.3. The van der Waals surface area contributed by atoms with Crippen LogP contribution in [0.1, 0.15) is 86.6 Å². The number of halogens is 6. The lowest BCUT2D eigenvalue weighted by Gasteiger charge is -2.39. The Morgan fingerprint density at radius 2 is 1.46 bits per heavy atom. The lowest BCUT2D eigenvalue weighted by atomic mass is 9.79. The highest BCUT2D eigenvalue weighted by atomic mass is 31.2. The molecule has 2 N–H and O–H groups in total. The number of ether oxygens (including phenoxy) is 2. The minimum atomic E-state index is -5.39.